The first-order valence-corrected chi connectivity index (χ1v) is 7.44. The lowest BCUT2D eigenvalue weighted by Crippen LogP contribution is -2.69. The molecule has 1 aliphatic rings. The number of alkyl carbamates (subject to hydrolysis) is 1. The Morgan fingerprint density at radius 1 is 1.52 bits per heavy atom. The van der Waals surface area contributed by atoms with Crippen LogP contribution in [0.3, 0.4) is 0 Å². The third-order valence-electron chi connectivity index (χ3n) is 3.00. The molecule has 1 aliphatic heterocycles. The van der Waals surface area contributed by atoms with Crippen LogP contribution in [0.1, 0.15) is 27.7 Å². The van der Waals surface area contributed by atoms with Crippen molar-refractivity contribution in [3.05, 3.63) is 22.6 Å². The van der Waals surface area contributed by atoms with Crippen LogP contribution in [0.2, 0.25) is 0 Å². The third kappa shape index (κ3) is 4.06. The van der Waals surface area contributed by atoms with Gasteiger partial charge in [0.25, 0.3) is 0 Å². The maximum absolute atomic E-state index is 13.5. The molecule has 1 N–H and O–H groups in total. The van der Waals surface area contributed by atoms with Crippen LogP contribution < -0.4 is 10.2 Å². The number of nitrogens with zero attached hydrogens (tertiary/aromatic N) is 2. The van der Waals surface area contributed by atoms with Crippen molar-refractivity contribution in [3.8, 4) is 0 Å². The van der Waals surface area contributed by atoms with Gasteiger partial charge in [-0.25, -0.2) is 14.2 Å². The summed E-state index contributed by atoms with van der Waals surface area (Å²) in [5.41, 5.74) is -0.923. The molecule has 5 nitrogen and oxygen atoms in total. The van der Waals surface area contributed by atoms with Gasteiger partial charge in [0.1, 0.15) is 17.2 Å². The highest BCUT2D eigenvalue weighted by molar-refractivity contribution is 9.10. The smallest absolute Gasteiger partial charge is 0.408 e. The second-order valence-corrected chi connectivity index (χ2v) is 7.35. The number of pyridine rings is 1. The number of carbonyl (C=O) groups is 1. The highest BCUT2D eigenvalue weighted by Gasteiger charge is 2.41. The quantitative estimate of drug-likeness (QED) is 0.881. The highest BCUT2D eigenvalue weighted by Crippen LogP contribution is 2.28. The number of amides is 1. The Morgan fingerprint density at radius 2 is 2.14 bits per heavy atom. The van der Waals surface area contributed by atoms with E-state index in [1.165, 1.54) is 12.3 Å². The van der Waals surface area contributed by atoms with Gasteiger partial charge in [-0.2, -0.15) is 0 Å². The average Bonchev–Trinajstić information content (AvgIpc) is 2.26. The number of hydrogen-bond acceptors (Lipinski definition) is 4. The second kappa shape index (κ2) is 5.44. The Labute approximate surface area is 132 Å². The third-order valence-corrected chi connectivity index (χ3v) is 3.58. The normalized spacial score (nSPS) is 17.1. The molecule has 0 unspecified atom stereocenters. The van der Waals surface area contributed by atoms with Crippen LogP contribution in [-0.2, 0) is 4.74 Å². The van der Waals surface area contributed by atoms with E-state index in [9.17, 15) is 9.18 Å². The summed E-state index contributed by atoms with van der Waals surface area (Å²) in [6.07, 6.45) is 0.987. The largest absolute Gasteiger partial charge is 0.444 e. The van der Waals surface area contributed by atoms with E-state index in [0.717, 1.165) is 0 Å². The monoisotopic (exact) mass is 359 g/mol. The molecule has 1 aromatic heterocycles. The fourth-order valence-electron chi connectivity index (χ4n) is 2.16. The van der Waals surface area contributed by atoms with Gasteiger partial charge in [0, 0.05) is 25.4 Å². The van der Waals surface area contributed by atoms with Crippen molar-refractivity contribution < 1.29 is 13.9 Å². The van der Waals surface area contributed by atoms with Crippen LogP contribution >= 0.6 is 15.9 Å². The van der Waals surface area contributed by atoms with Gasteiger partial charge in [-0.15, -0.1) is 0 Å². The zero-order valence-corrected chi connectivity index (χ0v) is 14.1. The van der Waals surface area contributed by atoms with Gasteiger partial charge in [-0.05, 0) is 43.6 Å². The Morgan fingerprint density at radius 3 is 2.67 bits per heavy atom. The number of ether oxygens (including phenoxy) is 1. The molecule has 0 aliphatic carbocycles. The fourth-order valence-corrected chi connectivity index (χ4v) is 2.38. The Bertz CT molecular complexity index is 554. The molecule has 0 atom stereocenters. The molecule has 0 spiro atoms. The summed E-state index contributed by atoms with van der Waals surface area (Å²) >= 11 is 3.07. The predicted octanol–water partition coefficient (Wildman–Crippen LogP) is 3.09. The summed E-state index contributed by atoms with van der Waals surface area (Å²) in [5, 5.41) is 2.84. The summed E-state index contributed by atoms with van der Waals surface area (Å²) in [5.74, 6) is 0.202. The van der Waals surface area contributed by atoms with Crippen molar-refractivity contribution in [1.82, 2.24) is 10.3 Å². The van der Waals surface area contributed by atoms with E-state index in [1.54, 1.807) is 0 Å². The minimum absolute atomic E-state index is 0.335. The molecule has 1 amide bonds. The molecular formula is C14H19BrFN3O2. The molecule has 1 saturated heterocycles. The van der Waals surface area contributed by atoms with Gasteiger partial charge in [-0.1, -0.05) is 0 Å². The van der Waals surface area contributed by atoms with E-state index in [-0.39, 0.29) is 5.82 Å². The number of aromatic nitrogens is 1. The van der Waals surface area contributed by atoms with Crippen LogP contribution in [0.5, 0.6) is 0 Å². The van der Waals surface area contributed by atoms with Gasteiger partial charge >= 0.3 is 6.09 Å². The predicted molar refractivity (Wildman–Crippen MR) is 81.9 cm³/mol. The fraction of sp³-hybridized carbons (Fsp3) is 0.571. The van der Waals surface area contributed by atoms with Crippen molar-refractivity contribution in [2.24, 2.45) is 0 Å². The first-order chi connectivity index (χ1) is 9.58. The topological polar surface area (TPSA) is 54.5 Å². The first kappa shape index (κ1) is 16.0. The molecule has 21 heavy (non-hydrogen) atoms. The van der Waals surface area contributed by atoms with Crippen LogP contribution in [0.25, 0.3) is 0 Å². The lowest BCUT2D eigenvalue weighted by atomic mass is 9.92. The van der Waals surface area contributed by atoms with Crippen molar-refractivity contribution in [3.63, 3.8) is 0 Å². The van der Waals surface area contributed by atoms with E-state index < -0.39 is 17.2 Å². The Hall–Kier alpha value is -1.37. The maximum atomic E-state index is 13.5. The average molecular weight is 360 g/mol. The number of anilines is 1. The zero-order chi connectivity index (χ0) is 15.8. The summed E-state index contributed by atoms with van der Waals surface area (Å²) in [6.45, 7) is 8.48. The van der Waals surface area contributed by atoms with Crippen LogP contribution in [-0.4, -0.2) is 35.3 Å². The number of carbonyl (C=O) groups excluding carboxylic acids is 1. The number of rotatable bonds is 2. The number of hydrogen-bond donors (Lipinski definition) is 1. The van der Waals surface area contributed by atoms with Crippen molar-refractivity contribution in [1.29, 1.82) is 0 Å². The number of halogens is 2. The molecule has 0 saturated carbocycles. The number of nitrogens with one attached hydrogen (secondary N) is 1. The standard InChI is InChI=1S/C14H19BrFN3O2/c1-13(2,3)21-12(20)18-14(4)7-19(8-14)11-5-10(16)9(15)6-17-11/h5-6H,7-8H2,1-4H3,(H,18,20). The summed E-state index contributed by atoms with van der Waals surface area (Å²) in [7, 11) is 0. The van der Waals surface area contributed by atoms with Crippen molar-refractivity contribution >= 4 is 27.8 Å². The van der Waals surface area contributed by atoms with Gasteiger partial charge in [0.2, 0.25) is 0 Å². The van der Waals surface area contributed by atoms with Gasteiger partial charge < -0.3 is 15.0 Å². The SMILES string of the molecule is CC1(NC(=O)OC(C)(C)C)CN(c2cc(F)c(Br)cn2)C1. The molecule has 1 fully saturated rings. The molecule has 2 heterocycles. The van der Waals surface area contributed by atoms with Gasteiger partial charge in [0.15, 0.2) is 0 Å². The highest BCUT2D eigenvalue weighted by atomic mass is 79.9. The molecule has 116 valence electrons. The Kier molecular flexibility index (Phi) is 4.15. The van der Waals surface area contributed by atoms with E-state index in [2.05, 4.69) is 26.2 Å². The molecule has 2 rings (SSSR count). The van der Waals surface area contributed by atoms with Crippen LogP contribution in [0.4, 0.5) is 15.0 Å². The van der Waals surface area contributed by atoms with Crippen molar-refractivity contribution in [2.45, 2.75) is 38.8 Å². The van der Waals surface area contributed by atoms with E-state index >= 15 is 0 Å². The molecule has 0 bridgehead atoms. The van der Waals surface area contributed by atoms with Gasteiger partial charge in [0.05, 0.1) is 10.0 Å². The summed E-state index contributed by atoms with van der Waals surface area (Å²) in [6, 6.07) is 1.37. The minimum atomic E-state index is -0.528. The summed E-state index contributed by atoms with van der Waals surface area (Å²) in [4.78, 5) is 17.8. The molecule has 0 aromatic carbocycles. The van der Waals surface area contributed by atoms with Gasteiger partial charge in [-0.3, -0.25) is 0 Å². The zero-order valence-electron chi connectivity index (χ0n) is 12.5. The first-order valence-electron chi connectivity index (χ1n) is 6.65. The van der Waals surface area contributed by atoms with E-state index in [0.29, 0.717) is 23.4 Å². The van der Waals surface area contributed by atoms with Crippen LogP contribution in [0.15, 0.2) is 16.7 Å². The molecule has 1 aromatic rings. The van der Waals surface area contributed by atoms with Crippen LogP contribution in [0, 0.1) is 5.82 Å². The van der Waals surface area contributed by atoms with E-state index in [1.807, 2.05) is 32.6 Å². The van der Waals surface area contributed by atoms with Crippen molar-refractivity contribution in [2.75, 3.05) is 18.0 Å². The lowest BCUT2D eigenvalue weighted by Gasteiger charge is -2.48. The second-order valence-electron chi connectivity index (χ2n) is 6.50. The van der Waals surface area contributed by atoms with E-state index in [4.69, 9.17) is 4.74 Å². The maximum Gasteiger partial charge on any atom is 0.408 e. The Balaban J connectivity index is 1.92. The molecule has 0 radical (unpaired) electrons. The minimum Gasteiger partial charge on any atom is -0.444 e. The summed E-state index contributed by atoms with van der Waals surface area (Å²) < 4.78 is 19.1. The molecule has 7 heteroatoms. The lowest BCUT2D eigenvalue weighted by molar-refractivity contribution is 0.0445. The molecular weight excluding hydrogens is 341 g/mol.